The largest absolute Gasteiger partial charge is 0.456 e. The highest BCUT2D eigenvalue weighted by Gasteiger charge is 2.18. The van der Waals surface area contributed by atoms with Gasteiger partial charge < -0.3 is 4.74 Å². The van der Waals surface area contributed by atoms with Gasteiger partial charge in [-0.05, 0) is 45.5 Å². The first-order chi connectivity index (χ1) is 19.2. The molecule has 6 rings (SSSR count). The Morgan fingerprint density at radius 3 is 0.974 bits per heavy atom. The molecule has 0 aromatic heterocycles. The molecule has 0 heterocycles. The Hall–Kier alpha value is -4.02. The summed E-state index contributed by atoms with van der Waals surface area (Å²) in [6, 6.07) is 50.6. The molecule has 6 aromatic rings. The van der Waals surface area contributed by atoms with Crippen LogP contribution >= 0.6 is 18.5 Å². The van der Waals surface area contributed by atoms with Crippen LogP contribution < -0.4 is 15.3 Å². The van der Waals surface area contributed by atoms with Crippen LogP contribution in [-0.4, -0.2) is 0 Å². The van der Waals surface area contributed by atoms with Gasteiger partial charge in [0, 0.05) is 21.7 Å². The van der Waals surface area contributed by atoms with Crippen LogP contribution in [0, 0.1) is 0 Å². The monoisotopic (exact) mass is 538 g/mol. The lowest BCUT2D eigenvalue weighted by molar-refractivity contribution is 0.491. The summed E-state index contributed by atoms with van der Waals surface area (Å²) in [5.74, 6) is 1.63. The van der Waals surface area contributed by atoms with Gasteiger partial charge in [-0.1, -0.05) is 133 Å². The van der Waals surface area contributed by atoms with Gasteiger partial charge >= 0.3 is 0 Å². The molecule has 0 radical (unpaired) electrons. The van der Waals surface area contributed by atoms with Gasteiger partial charge in [0.05, 0.1) is 0 Å². The molecule has 0 aliphatic carbocycles. The van der Waals surface area contributed by atoms with Crippen molar-refractivity contribution in [1.29, 1.82) is 0 Å². The summed E-state index contributed by atoms with van der Waals surface area (Å²) in [6.07, 6.45) is 0. The van der Waals surface area contributed by atoms with Crippen LogP contribution in [0.1, 0.15) is 0 Å². The first-order valence-corrected chi connectivity index (χ1v) is 14.1. The average Bonchev–Trinajstić information content (AvgIpc) is 3.00. The van der Waals surface area contributed by atoms with Crippen LogP contribution in [0.2, 0.25) is 0 Å². The van der Waals surface area contributed by atoms with Crippen LogP contribution in [0.25, 0.3) is 44.5 Å². The molecule has 3 heteroatoms. The summed E-state index contributed by atoms with van der Waals surface area (Å²) in [7, 11) is 5.89. The minimum atomic E-state index is 0.814. The van der Waals surface area contributed by atoms with Crippen LogP contribution in [0.4, 0.5) is 0 Å². The summed E-state index contributed by atoms with van der Waals surface area (Å²) >= 11 is 0. The van der Waals surface area contributed by atoms with Crippen molar-refractivity contribution in [3.8, 4) is 56.0 Å². The van der Waals surface area contributed by atoms with Crippen molar-refractivity contribution in [2.75, 3.05) is 0 Å². The summed E-state index contributed by atoms with van der Waals surface area (Å²) in [5.41, 5.74) is 9.32. The lowest BCUT2D eigenvalue weighted by Crippen LogP contribution is -2.09. The average molecular weight is 539 g/mol. The minimum absolute atomic E-state index is 0.814. The normalized spacial score (nSPS) is 10.8. The Labute approximate surface area is 234 Å². The molecule has 188 valence electrons. The van der Waals surface area contributed by atoms with E-state index in [1.54, 1.807) is 0 Å². The first-order valence-electron chi connectivity index (χ1n) is 12.9. The Bertz CT molecular complexity index is 1590. The van der Waals surface area contributed by atoms with E-state index >= 15 is 0 Å². The van der Waals surface area contributed by atoms with Crippen LogP contribution in [-0.2, 0) is 0 Å². The topological polar surface area (TPSA) is 9.23 Å². The Morgan fingerprint density at radius 1 is 0.333 bits per heavy atom. The van der Waals surface area contributed by atoms with Crippen molar-refractivity contribution in [3.63, 3.8) is 0 Å². The Kier molecular flexibility index (Phi) is 7.38. The van der Waals surface area contributed by atoms with Crippen LogP contribution in [0.5, 0.6) is 11.5 Å². The second-order valence-corrected chi connectivity index (χ2v) is 10.5. The first kappa shape index (κ1) is 25.3. The maximum Gasteiger partial charge on any atom is 0.135 e. The number of rotatable bonds is 6. The maximum absolute atomic E-state index is 6.70. The van der Waals surface area contributed by atoms with Crippen LogP contribution in [0.3, 0.4) is 0 Å². The van der Waals surface area contributed by atoms with Gasteiger partial charge in [0.1, 0.15) is 11.5 Å². The van der Waals surface area contributed by atoms with E-state index in [-0.39, 0.29) is 0 Å². The number of hydrogen-bond donors (Lipinski definition) is 0. The van der Waals surface area contributed by atoms with Gasteiger partial charge in [-0.15, -0.1) is 18.5 Å². The molecule has 0 saturated carbocycles. The molecule has 1 nitrogen and oxygen atoms in total. The molecule has 0 saturated heterocycles. The Morgan fingerprint density at radius 2 is 0.641 bits per heavy atom. The highest BCUT2D eigenvalue weighted by atomic mass is 31.0. The highest BCUT2D eigenvalue weighted by Crippen LogP contribution is 2.39. The third-order valence-corrected chi connectivity index (χ3v) is 8.07. The van der Waals surface area contributed by atoms with Crippen molar-refractivity contribution >= 4 is 29.1 Å². The summed E-state index contributed by atoms with van der Waals surface area (Å²) < 4.78 is 6.70. The van der Waals surface area contributed by atoms with Gasteiger partial charge in [-0.2, -0.15) is 0 Å². The number of benzene rings is 6. The second-order valence-electron chi connectivity index (χ2n) is 9.37. The number of hydrogen-bond acceptors (Lipinski definition) is 1. The molecule has 2 unspecified atom stereocenters. The SMILES string of the molecule is Pc1c(Oc2ccc(-c3ccccc3)c(-c3ccccc3)c2P)ccc(-c2ccccc2)c1-c1ccccc1. The fourth-order valence-electron chi connectivity index (χ4n) is 5.05. The van der Waals surface area contributed by atoms with E-state index in [1.807, 2.05) is 0 Å². The molecule has 0 bridgehead atoms. The van der Waals surface area contributed by atoms with Gasteiger partial charge in [-0.3, -0.25) is 0 Å². The van der Waals surface area contributed by atoms with Gasteiger partial charge in [0.15, 0.2) is 0 Å². The van der Waals surface area contributed by atoms with E-state index in [1.165, 1.54) is 22.3 Å². The molecular formula is C36H28OP2. The van der Waals surface area contributed by atoms with E-state index < -0.39 is 0 Å². The van der Waals surface area contributed by atoms with Crippen molar-refractivity contribution in [1.82, 2.24) is 0 Å². The molecule has 39 heavy (non-hydrogen) atoms. The van der Waals surface area contributed by atoms with Gasteiger partial charge in [0.2, 0.25) is 0 Å². The predicted octanol–water partition coefficient (Wildman–Crippen LogP) is 9.15. The van der Waals surface area contributed by atoms with E-state index in [2.05, 4.69) is 164 Å². The van der Waals surface area contributed by atoms with Gasteiger partial charge in [0.25, 0.3) is 0 Å². The molecule has 0 amide bonds. The van der Waals surface area contributed by atoms with Crippen molar-refractivity contribution in [2.24, 2.45) is 0 Å². The zero-order chi connectivity index (χ0) is 26.6. The smallest absolute Gasteiger partial charge is 0.135 e. The molecule has 0 fully saturated rings. The molecular weight excluding hydrogens is 510 g/mol. The third kappa shape index (κ3) is 5.17. The van der Waals surface area contributed by atoms with Crippen molar-refractivity contribution in [3.05, 3.63) is 146 Å². The third-order valence-electron chi connectivity index (χ3n) is 6.93. The van der Waals surface area contributed by atoms with Crippen LogP contribution in [0.15, 0.2) is 146 Å². The van der Waals surface area contributed by atoms with Gasteiger partial charge in [-0.25, -0.2) is 0 Å². The molecule has 2 atom stereocenters. The standard InChI is InChI=1S/C36H28OP2/c38-35-31(23-21-29(25-13-5-1-6-14-25)33(35)27-17-9-3-10-18-27)37-32-24-22-30(26-15-7-2-8-16-26)34(36(32)39)28-19-11-4-12-20-28/h1-24H,38-39H2. The molecule has 0 spiro atoms. The summed E-state index contributed by atoms with van der Waals surface area (Å²) in [6.45, 7) is 0. The van der Waals surface area contributed by atoms with E-state index in [0.717, 1.165) is 44.4 Å². The van der Waals surface area contributed by atoms with E-state index in [4.69, 9.17) is 4.74 Å². The molecule has 6 aromatic carbocycles. The minimum Gasteiger partial charge on any atom is -0.456 e. The Balaban J connectivity index is 1.49. The lowest BCUT2D eigenvalue weighted by Gasteiger charge is -2.20. The number of ether oxygens (including phenoxy) is 1. The zero-order valence-corrected chi connectivity index (χ0v) is 23.7. The summed E-state index contributed by atoms with van der Waals surface area (Å²) in [5, 5.41) is 2.06. The molecule has 0 aliphatic rings. The second kappa shape index (κ2) is 11.4. The van der Waals surface area contributed by atoms with Crippen molar-refractivity contribution in [2.45, 2.75) is 0 Å². The van der Waals surface area contributed by atoms with E-state index in [0.29, 0.717) is 0 Å². The summed E-state index contributed by atoms with van der Waals surface area (Å²) in [4.78, 5) is 0. The fourth-order valence-corrected chi connectivity index (χ4v) is 6.00. The highest BCUT2D eigenvalue weighted by molar-refractivity contribution is 7.28. The maximum atomic E-state index is 6.70. The zero-order valence-electron chi connectivity index (χ0n) is 21.4. The van der Waals surface area contributed by atoms with E-state index in [9.17, 15) is 0 Å². The lowest BCUT2D eigenvalue weighted by atomic mass is 9.93. The fraction of sp³-hybridized carbons (Fsp3) is 0. The molecule has 0 aliphatic heterocycles. The predicted molar refractivity (Wildman–Crippen MR) is 173 cm³/mol. The molecule has 0 N–H and O–H groups in total. The quantitative estimate of drug-likeness (QED) is 0.192. The van der Waals surface area contributed by atoms with Crippen molar-refractivity contribution < 1.29 is 4.74 Å².